The van der Waals surface area contributed by atoms with Gasteiger partial charge in [0.05, 0.1) is 0 Å². The normalized spacial score (nSPS) is 6.22. The Kier molecular flexibility index (Phi) is 8.69. The lowest BCUT2D eigenvalue weighted by molar-refractivity contribution is -0.117. The van der Waals surface area contributed by atoms with Crippen LogP contribution in [0.5, 0.6) is 0 Å². The van der Waals surface area contributed by atoms with Crippen molar-refractivity contribution in [1.29, 1.82) is 0 Å². The number of primary amides is 1. The van der Waals surface area contributed by atoms with Crippen molar-refractivity contribution in [2.24, 2.45) is 11.5 Å². The molecule has 1 amide bonds. The molecular weight excluding hydrogens is 140 g/mol. The summed E-state index contributed by atoms with van der Waals surface area (Å²) < 4.78 is 0. The second kappa shape index (κ2) is 7.12. The zero-order chi connectivity index (χ0) is 6.41. The Morgan fingerprint density at radius 1 is 1.56 bits per heavy atom. The summed E-state index contributed by atoms with van der Waals surface area (Å²) in [5, 5.41) is 0. The van der Waals surface area contributed by atoms with Crippen molar-refractivity contribution >= 4 is 18.3 Å². The van der Waals surface area contributed by atoms with Gasteiger partial charge in [-0.3, -0.25) is 4.79 Å². The number of nitrogens with two attached hydrogens (primary N) is 2. The van der Waals surface area contributed by atoms with Gasteiger partial charge >= 0.3 is 0 Å². The monoisotopic (exact) mass is 148 g/mol. The molecule has 4 heteroatoms. The lowest BCUT2D eigenvalue weighted by Gasteiger charge is -1.82. The predicted molar refractivity (Wildman–Crippen MR) is 37.6 cm³/mol. The fraction of sp³-hybridized carbons (Fsp3) is 0.400. The third kappa shape index (κ3) is 11.0. The zero-order valence-corrected chi connectivity index (χ0v) is 5.70. The Morgan fingerprint density at radius 2 is 2.11 bits per heavy atom. The van der Waals surface area contributed by atoms with Crippen LogP contribution in [0.3, 0.4) is 0 Å². The van der Waals surface area contributed by atoms with Gasteiger partial charge in [0.2, 0.25) is 5.91 Å². The number of hydrogen-bond acceptors (Lipinski definition) is 2. The van der Waals surface area contributed by atoms with E-state index in [2.05, 4.69) is 12.0 Å². The number of carbonyl (C=O) groups excluding carboxylic acids is 1. The van der Waals surface area contributed by atoms with Crippen LogP contribution >= 0.6 is 12.4 Å². The van der Waals surface area contributed by atoms with E-state index in [1.165, 1.54) is 0 Å². The molecule has 0 aliphatic heterocycles. The van der Waals surface area contributed by atoms with Gasteiger partial charge < -0.3 is 11.5 Å². The molecule has 0 aromatic heterocycles. The second-order valence-electron chi connectivity index (χ2n) is 1.29. The van der Waals surface area contributed by atoms with Crippen LogP contribution in [0.4, 0.5) is 0 Å². The molecule has 0 aromatic carbocycles. The molecule has 0 aliphatic carbocycles. The van der Waals surface area contributed by atoms with E-state index in [4.69, 9.17) is 11.5 Å². The minimum Gasteiger partial charge on any atom is -0.370 e. The molecule has 0 saturated carbocycles. The molecule has 0 radical (unpaired) electrons. The molecule has 52 valence electrons. The number of hydrogen-bond donors (Lipinski definition) is 2. The minimum absolute atomic E-state index is 0. The van der Waals surface area contributed by atoms with Gasteiger partial charge in [0.25, 0.3) is 0 Å². The number of carbonyl (C=O) groups is 1. The smallest absolute Gasteiger partial charge is 0.218 e. The minimum atomic E-state index is -0.340. The lowest BCUT2D eigenvalue weighted by Crippen LogP contribution is -2.09. The van der Waals surface area contributed by atoms with Gasteiger partial charge in [-0.05, 0) is 0 Å². The van der Waals surface area contributed by atoms with Crippen molar-refractivity contribution in [2.75, 3.05) is 0 Å². The maximum atomic E-state index is 9.99. The molecule has 0 aliphatic rings. The van der Waals surface area contributed by atoms with Crippen LogP contribution in [-0.4, -0.2) is 5.91 Å². The van der Waals surface area contributed by atoms with Gasteiger partial charge in [-0.1, -0.05) is 5.92 Å². The van der Waals surface area contributed by atoms with Gasteiger partial charge in [-0.15, -0.1) is 12.4 Å². The average molecular weight is 149 g/mol. The molecule has 0 saturated heterocycles. The molecule has 0 atom stereocenters. The summed E-state index contributed by atoms with van der Waals surface area (Å²) in [5.74, 6) is 2.17. The van der Waals surface area contributed by atoms with Gasteiger partial charge in [-0.25, -0.2) is 0 Å². The largest absolute Gasteiger partial charge is 0.370 e. The first-order valence-corrected chi connectivity index (χ1v) is 2.24. The summed E-state index contributed by atoms with van der Waals surface area (Å²) in [7, 11) is 0. The quantitative estimate of drug-likeness (QED) is 0.413. The molecule has 0 rings (SSSR count). The van der Waals surface area contributed by atoms with Crippen LogP contribution in [-0.2, 0) is 4.79 Å². The average Bonchev–Trinajstić information content (AvgIpc) is 1.66. The molecule has 0 heterocycles. The van der Waals surface area contributed by atoms with E-state index in [1.54, 1.807) is 0 Å². The van der Waals surface area contributed by atoms with Gasteiger partial charge in [0.1, 0.15) is 0 Å². The first kappa shape index (κ1) is 11.0. The van der Waals surface area contributed by atoms with Gasteiger partial charge in [0, 0.05) is 18.9 Å². The van der Waals surface area contributed by atoms with Crippen LogP contribution in [0, 0.1) is 12.0 Å². The van der Waals surface area contributed by atoms with Crippen LogP contribution in [0.25, 0.3) is 0 Å². The van der Waals surface area contributed by atoms with E-state index in [0.717, 1.165) is 0 Å². The Hall–Kier alpha value is -0.880. The Balaban J connectivity index is 0. The lowest BCUT2D eigenvalue weighted by atomic mass is 10.3. The molecule has 0 spiro atoms. The zero-order valence-electron chi connectivity index (χ0n) is 4.89. The van der Waals surface area contributed by atoms with Crippen molar-refractivity contribution in [3.05, 3.63) is 0 Å². The van der Waals surface area contributed by atoms with Crippen molar-refractivity contribution in [2.45, 2.75) is 12.8 Å². The van der Waals surface area contributed by atoms with E-state index in [-0.39, 0.29) is 18.3 Å². The standard InChI is InChI=1S/C5H8N2O.ClH/c6-4-2-1-3-5(7)8;/h1,3,6H2,(H2,7,8);1H. The highest BCUT2D eigenvalue weighted by atomic mass is 35.5. The molecule has 3 nitrogen and oxygen atoms in total. The molecule has 4 N–H and O–H groups in total. The summed E-state index contributed by atoms with van der Waals surface area (Å²) in [5.41, 5.74) is 9.59. The summed E-state index contributed by atoms with van der Waals surface area (Å²) in [6, 6.07) is 2.17. The van der Waals surface area contributed by atoms with E-state index in [0.29, 0.717) is 12.8 Å². The molecule has 0 aromatic rings. The highest BCUT2D eigenvalue weighted by molar-refractivity contribution is 5.85. The van der Waals surface area contributed by atoms with Crippen LogP contribution in [0.15, 0.2) is 0 Å². The van der Waals surface area contributed by atoms with E-state index in [9.17, 15) is 4.79 Å². The number of halogens is 1. The molecule has 0 unspecified atom stereocenters. The van der Waals surface area contributed by atoms with Gasteiger partial charge in [0.15, 0.2) is 0 Å². The number of amides is 1. The molecular formula is C5H9ClN2O. The van der Waals surface area contributed by atoms with E-state index < -0.39 is 0 Å². The van der Waals surface area contributed by atoms with Crippen molar-refractivity contribution in [1.82, 2.24) is 0 Å². The van der Waals surface area contributed by atoms with Crippen molar-refractivity contribution in [3.63, 3.8) is 0 Å². The van der Waals surface area contributed by atoms with Crippen LogP contribution < -0.4 is 11.5 Å². The van der Waals surface area contributed by atoms with Crippen molar-refractivity contribution < 1.29 is 4.79 Å². The Labute approximate surface area is 60.2 Å². The summed E-state index contributed by atoms with van der Waals surface area (Å²) in [6.45, 7) is 0. The highest BCUT2D eigenvalue weighted by Gasteiger charge is 1.87. The SMILES string of the molecule is Cl.NC#CCCC(N)=O. The molecule has 0 bridgehead atoms. The van der Waals surface area contributed by atoms with E-state index in [1.807, 2.05) is 0 Å². The third-order valence-corrected chi connectivity index (χ3v) is 0.598. The Bertz CT molecular complexity index is 136. The maximum absolute atomic E-state index is 9.99. The van der Waals surface area contributed by atoms with Gasteiger partial charge in [-0.2, -0.15) is 0 Å². The molecule has 0 fully saturated rings. The highest BCUT2D eigenvalue weighted by Crippen LogP contribution is 1.81. The first-order chi connectivity index (χ1) is 3.77. The fourth-order valence-electron chi connectivity index (χ4n) is 0.258. The fourth-order valence-corrected chi connectivity index (χ4v) is 0.258. The summed E-state index contributed by atoms with van der Waals surface area (Å²) >= 11 is 0. The summed E-state index contributed by atoms with van der Waals surface area (Å²) in [6.07, 6.45) is 0.760. The number of rotatable bonds is 2. The second-order valence-corrected chi connectivity index (χ2v) is 1.29. The predicted octanol–water partition coefficient (Wildman–Crippen LogP) is -0.407. The Morgan fingerprint density at radius 3 is 2.44 bits per heavy atom. The summed E-state index contributed by atoms with van der Waals surface area (Å²) in [4.78, 5) is 9.99. The van der Waals surface area contributed by atoms with Crippen molar-refractivity contribution in [3.8, 4) is 12.0 Å². The molecule has 9 heavy (non-hydrogen) atoms. The van der Waals surface area contributed by atoms with Crippen LogP contribution in [0.2, 0.25) is 0 Å². The third-order valence-electron chi connectivity index (χ3n) is 0.598. The first-order valence-electron chi connectivity index (χ1n) is 2.24. The maximum Gasteiger partial charge on any atom is 0.218 e. The topological polar surface area (TPSA) is 69.1 Å². The van der Waals surface area contributed by atoms with Crippen LogP contribution in [0.1, 0.15) is 12.8 Å². The van der Waals surface area contributed by atoms with E-state index >= 15 is 0 Å².